The number of hydrogen-bond acceptors (Lipinski definition) is 4. The topological polar surface area (TPSA) is 74.8 Å². The van der Waals surface area contributed by atoms with Gasteiger partial charge in [0.2, 0.25) is 11.9 Å². The van der Waals surface area contributed by atoms with Crippen molar-refractivity contribution < 1.29 is 9.53 Å². The van der Waals surface area contributed by atoms with Gasteiger partial charge in [-0.2, -0.15) is 0 Å². The van der Waals surface area contributed by atoms with E-state index in [4.69, 9.17) is 4.74 Å². The molecule has 0 fully saturated rings. The fourth-order valence-corrected chi connectivity index (χ4v) is 1.14. The molecule has 0 aromatic carbocycles. The van der Waals surface area contributed by atoms with Crippen LogP contribution in [0.1, 0.15) is 13.3 Å². The van der Waals surface area contributed by atoms with E-state index >= 15 is 0 Å². The Morgan fingerprint density at radius 2 is 2.47 bits per heavy atom. The first-order valence-electron chi connectivity index (χ1n) is 4.77. The fraction of sp³-hybridized carbons (Fsp3) is 0.556. The predicted octanol–water partition coefficient (Wildman–Crippen LogP) is -0.495. The molecule has 6 nitrogen and oxygen atoms in total. The zero-order valence-corrected chi connectivity index (χ0v) is 8.91. The van der Waals surface area contributed by atoms with E-state index < -0.39 is 0 Å². The molecule has 0 aromatic rings. The number of amides is 1. The number of hydrogen-bond donors (Lipinski definition) is 3. The highest BCUT2D eigenvalue weighted by Crippen LogP contribution is 2.08. The average molecular weight is 212 g/mol. The predicted molar refractivity (Wildman–Crippen MR) is 56.9 cm³/mol. The summed E-state index contributed by atoms with van der Waals surface area (Å²) in [5, 5.41) is 2.57. The number of guanidine groups is 1. The highest BCUT2D eigenvalue weighted by Gasteiger charge is 2.10. The summed E-state index contributed by atoms with van der Waals surface area (Å²) < 4.78 is 5.24. The van der Waals surface area contributed by atoms with E-state index in [2.05, 4.69) is 21.2 Å². The van der Waals surface area contributed by atoms with Crippen LogP contribution in [0, 0.1) is 0 Å². The van der Waals surface area contributed by atoms with Crippen LogP contribution in [-0.2, 0) is 9.53 Å². The summed E-state index contributed by atoms with van der Waals surface area (Å²) in [5.41, 5.74) is 5.43. The summed E-state index contributed by atoms with van der Waals surface area (Å²) in [5.74, 6) is 0.238. The number of nitrogens with one attached hydrogen (secondary N) is 3. The maximum Gasteiger partial charge on any atom is 0.223 e. The van der Waals surface area contributed by atoms with Crippen LogP contribution in [0.2, 0.25) is 0 Å². The van der Waals surface area contributed by atoms with E-state index in [0.717, 1.165) is 6.42 Å². The van der Waals surface area contributed by atoms with Crippen LogP contribution in [0.5, 0.6) is 0 Å². The van der Waals surface area contributed by atoms with E-state index in [1.807, 2.05) is 6.08 Å². The maximum absolute atomic E-state index is 10.8. The number of carbonyl (C=O) groups is 1. The quantitative estimate of drug-likeness (QED) is 0.335. The van der Waals surface area contributed by atoms with Gasteiger partial charge in [-0.3, -0.25) is 15.5 Å². The molecule has 3 N–H and O–H groups in total. The summed E-state index contributed by atoms with van der Waals surface area (Å²) >= 11 is 0. The summed E-state index contributed by atoms with van der Waals surface area (Å²) in [6, 6.07) is 0. The van der Waals surface area contributed by atoms with E-state index in [9.17, 15) is 4.79 Å². The van der Waals surface area contributed by atoms with Crippen LogP contribution >= 0.6 is 0 Å². The van der Waals surface area contributed by atoms with Gasteiger partial charge in [-0.05, 0) is 6.08 Å². The van der Waals surface area contributed by atoms with Gasteiger partial charge in [0.25, 0.3) is 0 Å². The Balaban J connectivity index is 2.39. The molecule has 0 saturated heterocycles. The Bertz CT molecular complexity index is 267. The number of hydrazine groups is 1. The van der Waals surface area contributed by atoms with Gasteiger partial charge >= 0.3 is 0 Å². The van der Waals surface area contributed by atoms with Gasteiger partial charge in [0.1, 0.15) is 6.10 Å². The molecule has 0 aliphatic carbocycles. The Hall–Kier alpha value is -1.56. The first kappa shape index (κ1) is 11.5. The number of ether oxygens (including phenoxy) is 1. The van der Waals surface area contributed by atoms with Crippen LogP contribution in [0.3, 0.4) is 0 Å². The normalized spacial score (nSPS) is 19.9. The van der Waals surface area contributed by atoms with Crippen molar-refractivity contribution in [3.8, 4) is 0 Å². The first-order chi connectivity index (χ1) is 7.22. The largest absolute Gasteiger partial charge is 0.496 e. The van der Waals surface area contributed by atoms with Gasteiger partial charge < -0.3 is 4.74 Å². The molecule has 1 aliphatic heterocycles. The molecule has 0 saturated carbocycles. The molecule has 6 heteroatoms. The van der Waals surface area contributed by atoms with Gasteiger partial charge in [0.15, 0.2) is 0 Å². The zero-order chi connectivity index (χ0) is 11.1. The van der Waals surface area contributed by atoms with Gasteiger partial charge in [0.05, 0.1) is 12.8 Å². The number of aliphatic imine (C=N–C) groups is 1. The molecule has 0 radical (unpaired) electrons. The van der Waals surface area contributed by atoms with E-state index in [1.54, 1.807) is 13.3 Å². The Labute approximate surface area is 88.8 Å². The molecule has 1 amide bonds. The number of rotatable bonds is 3. The zero-order valence-electron chi connectivity index (χ0n) is 8.91. The Morgan fingerprint density at radius 3 is 3.00 bits per heavy atom. The average Bonchev–Trinajstić information content (AvgIpc) is 2.66. The monoisotopic (exact) mass is 212 g/mol. The van der Waals surface area contributed by atoms with Crippen molar-refractivity contribution in [1.82, 2.24) is 16.2 Å². The number of nitrogens with zero attached hydrogens (tertiary/aromatic N) is 1. The first-order valence-corrected chi connectivity index (χ1v) is 4.77. The van der Waals surface area contributed by atoms with Crippen molar-refractivity contribution in [3.63, 3.8) is 0 Å². The molecule has 0 bridgehead atoms. The van der Waals surface area contributed by atoms with Crippen LogP contribution in [-0.4, -0.2) is 31.6 Å². The summed E-state index contributed by atoms with van der Waals surface area (Å²) in [7, 11) is 1.70. The van der Waals surface area contributed by atoms with Crippen molar-refractivity contribution >= 4 is 11.9 Å². The van der Waals surface area contributed by atoms with E-state index in [0.29, 0.717) is 12.5 Å². The molecule has 1 atom stereocenters. The smallest absolute Gasteiger partial charge is 0.223 e. The van der Waals surface area contributed by atoms with Crippen molar-refractivity contribution in [2.75, 3.05) is 13.6 Å². The minimum Gasteiger partial charge on any atom is -0.496 e. The molecule has 0 aromatic heterocycles. The molecular weight excluding hydrogens is 196 g/mol. The van der Waals surface area contributed by atoms with Gasteiger partial charge in [-0.1, -0.05) is 0 Å². The molecule has 1 unspecified atom stereocenters. The third-order valence-corrected chi connectivity index (χ3v) is 1.76. The second-order valence-corrected chi connectivity index (χ2v) is 3.11. The summed E-state index contributed by atoms with van der Waals surface area (Å²) in [6.45, 7) is 1.94. The lowest BCUT2D eigenvalue weighted by Gasteiger charge is -2.11. The van der Waals surface area contributed by atoms with Crippen LogP contribution in [0.4, 0.5) is 0 Å². The lowest BCUT2D eigenvalue weighted by molar-refractivity contribution is -0.117. The SMILES string of the molecule is CNNC(=NCC1CC=CO1)NC(C)=O. The summed E-state index contributed by atoms with van der Waals surface area (Å²) in [4.78, 5) is 15.0. The minimum absolute atomic E-state index is 0.0763. The van der Waals surface area contributed by atoms with E-state index in [-0.39, 0.29) is 12.0 Å². The van der Waals surface area contributed by atoms with Gasteiger partial charge in [-0.15, -0.1) is 0 Å². The molecule has 1 rings (SSSR count). The minimum atomic E-state index is -0.165. The van der Waals surface area contributed by atoms with Crippen LogP contribution < -0.4 is 16.2 Å². The molecule has 15 heavy (non-hydrogen) atoms. The van der Waals surface area contributed by atoms with Gasteiger partial charge in [0, 0.05) is 20.4 Å². The second-order valence-electron chi connectivity index (χ2n) is 3.11. The van der Waals surface area contributed by atoms with Crippen molar-refractivity contribution in [3.05, 3.63) is 12.3 Å². The van der Waals surface area contributed by atoms with Crippen molar-refractivity contribution in [1.29, 1.82) is 0 Å². The Morgan fingerprint density at radius 1 is 1.67 bits per heavy atom. The lowest BCUT2D eigenvalue weighted by atomic mass is 10.3. The van der Waals surface area contributed by atoms with Crippen molar-refractivity contribution in [2.24, 2.45) is 4.99 Å². The molecule has 1 aliphatic rings. The van der Waals surface area contributed by atoms with E-state index in [1.165, 1.54) is 6.92 Å². The van der Waals surface area contributed by atoms with Crippen LogP contribution in [0.25, 0.3) is 0 Å². The summed E-state index contributed by atoms with van der Waals surface area (Å²) in [6.07, 6.45) is 4.55. The molecule has 84 valence electrons. The third-order valence-electron chi connectivity index (χ3n) is 1.76. The molecular formula is C9H16N4O2. The molecule has 0 spiro atoms. The Kier molecular flexibility index (Phi) is 4.62. The maximum atomic E-state index is 10.8. The van der Waals surface area contributed by atoms with Crippen molar-refractivity contribution in [2.45, 2.75) is 19.4 Å². The van der Waals surface area contributed by atoms with Gasteiger partial charge in [-0.25, -0.2) is 10.4 Å². The second kappa shape index (κ2) is 6.02. The standard InChI is InChI=1S/C9H16N4O2/c1-7(14)12-9(13-10-2)11-6-8-4-3-5-15-8/h3,5,8,10H,4,6H2,1-2H3,(H2,11,12,13,14). The number of carbonyl (C=O) groups excluding carboxylic acids is 1. The highest BCUT2D eigenvalue weighted by atomic mass is 16.5. The van der Waals surface area contributed by atoms with Crippen LogP contribution in [0.15, 0.2) is 17.3 Å². The highest BCUT2D eigenvalue weighted by molar-refractivity contribution is 5.95. The fourth-order valence-electron chi connectivity index (χ4n) is 1.14. The third kappa shape index (κ3) is 4.46. The lowest BCUT2D eigenvalue weighted by Crippen LogP contribution is -2.45. The molecule has 1 heterocycles.